The Morgan fingerprint density at radius 3 is 3.10 bits per heavy atom. The van der Waals surface area contributed by atoms with Gasteiger partial charge >= 0.3 is 5.97 Å². The fourth-order valence-corrected chi connectivity index (χ4v) is 0.888. The Labute approximate surface area is 60.4 Å². The summed E-state index contributed by atoms with van der Waals surface area (Å²) >= 11 is 0. The second-order valence-electron chi connectivity index (χ2n) is 2.22. The lowest BCUT2D eigenvalue weighted by molar-refractivity contribution is -0.144. The van der Waals surface area contributed by atoms with E-state index >= 15 is 0 Å². The van der Waals surface area contributed by atoms with Crippen LogP contribution in [0.25, 0.3) is 0 Å². The first-order chi connectivity index (χ1) is 4.74. The van der Waals surface area contributed by atoms with Crippen LogP contribution in [0, 0.1) is 5.92 Å². The molecule has 10 heavy (non-hydrogen) atoms. The van der Waals surface area contributed by atoms with Crippen molar-refractivity contribution in [2.24, 2.45) is 5.92 Å². The molecule has 4 heteroatoms. The van der Waals surface area contributed by atoms with Crippen molar-refractivity contribution >= 4 is 13.8 Å². The molecule has 0 aliphatic carbocycles. The van der Waals surface area contributed by atoms with Gasteiger partial charge in [0.05, 0.1) is 7.11 Å². The van der Waals surface area contributed by atoms with E-state index in [0.29, 0.717) is 6.61 Å². The largest absolute Gasteiger partial charge is 0.508 e. The second kappa shape index (κ2) is 2.77. The van der Waals surface area contributed by atoms with E-state index in [2.05, 4.69) is 4.74 Å². The number of hydrogen-bond acceptors (Lipinski definition) is 3. The molecule has 0 aromatic heterocycles. The molecule has 1 atom stereocenters. The Bertz CT molecular complexity index is 176. The van der Waals surface area contributed by atoms with Gasteiger partial charge in [0.2, 0.25) is 0 Å². The van der Waals surface area contributed by atoms with E-state index < -0.39 is 0 Å². The molecule has 0 spiro atoms. The summed E-state index contributed by atoms with van der Waals surface area (Å²) in [6.07, 6.45) is 1.77. The van der Waals surface area contributed by atoms with Crippen molar-refractivity contribution in [3.8, 4) is 0 Å². The Kier molecular flexibility index (Phi) is 1.99. The average Bonchev–Trinajstić information content (AvgIpc) is 2.34. The molecule has 1 aliphatic rings. The average molecular weight is 140 g/mol. The van der Waals surface area contributed by atoms with Gasteiger partial charge in [-0.15, -0.1) is 0 Å². The highest BCUT2D eigenvalue weighted by atomic mass is 16.5. The number of esters is 1. The summed E-state index contributed by atoms with van der Waals surface area (Å²) in [7, 11) is 3.20. The molecule has 1 aliphatic heterocycles. The summed E-state index contributed by atoms with van der Waals surface area (Å²) in [5.74, 6) is -0.415. The number of ether oxygens (including phenoxy) is 2. The zero-order chi connectivity index (χ0) is 7.56. The van der Waals surface area contributed by atoms with Crippen molar-refractivity contribution < 1.29 is 14.3 Å². The Hall–Kier alpha value is -0.925. The maximum atomic E-state index is 10.8. The van der Waals surface area contributed by atoms with Crippen molar-refractivity contribution in [2.45, 2.75) is 0 Å². The highest BCUT2D eigenvalue weighted by Crippen LogP contribution is 2.13. The monoisotopic (exact) mass is 140 g/mol. The number of methoxy groups -OCH3 is 1. The predicted molar refractivity (Wildman–Crippen MR) is 38.1 cm³/mol. The number of carbonyl (C=O) groups excluding carboxylic acids is 1. The van der Waals surface area contributed by atoms with Crippen LogP contribution in [0.15, 0.2) is 11.7 Å². The molecule has 1 heterocycles. The maximum absolute atomic E-state index is 10.8. The molecule has 3 nitrogen and oxygen atoms in total. The highest BCUT2D eigenvalue weighted by Gasteiger charge is 2.22. The number of hydrogen-bond donors (Lipinski definition) is 0. The zero-order valence-electron chi connectivity index (χ0n) is 6.09. The fourth-order valence-electron chi connectivity index (χ4n) is 0.888. The molecule has 0 amide bonds. The quantitative estimate of drug-likeness (QED) is 0.356. The molecule has 0 aromatic rings. The summed E-state index contributed by atoms with van der Waals surface area (Å²) in [6.45, 7) is 0.429. The van der Waals surface area contributed by atoms with E-state index in [1.54, 1.807) is 6.08 Å². The number of carbonyl (C=O) groups is 1. The zero-order valence-corrected chi connectivity index (χ0v) is 6.09. The van der Waals surface area contributed by atoms with Crippen LogP contribution in [-0.4, -0.2) is 27.5 Å². The molecular formula is C6H9BO3. The van der Waals surface area contributed by atoms with Crippen LogP contribution in [-0.2, 0) is 14.3 Å². The normalized spacial score (nSPS) is 23.3. The SMILES string of the molecule is BC1=CC(C(=O)OC)CO1. The summed E-state index contributed by atoms with van der Waals surface area (Å²) in [5, 5.41) is 0. The smallest absolute Gasteiger partial charge is 0.316 e. The molecule has 1 unspecified atom stereocenters. The summed E-state index contributed by atoms with van der Waals surface area (Å²) in [4.78, 5) is 10.8. The van der Waals surface area contributed by atoms with E-state index in [1.165, 1.54) is 7.11 Å². The molecule has 0 radical (unpaired) electrons. The second-order valence-corrected chi connectivity index (χ2v) is 2.22. The molecule has 0 aromatic carbocycles. The Morgan fingerprint density at radius 1 is 2.00 bits per heavy atom. The highest BCUT2D eigenvalue weighted by molar-refractivity contribution is 6.20. The van der Waals surface area contributed by atoms with Crippen LogP contribution in [0.1, 0.15) is 0 Å². The molecule has 1 rings (SSSR count). The third-order valence-electron chi connectivity index (χ3n) is 1.43. The van der Waals surface area contributed by atoms with Crippen LogP contribution < -0.4 is 0 Å². The van der Waals surface area contributed by atoms with Gasteiger partial charge in [-0.2, -0.15) is 0 Å². The van der Waals surface area contributed by atoms with Crippen molar-refractivity contribution in [3.63, 3.8) is 0 Å². The van der Waals surface area contributed by atoms with Gasteiger partial charge in [0.25, 0.3) is 0 Å². The van der Waals surface area contributed by atoms with E-state index in [0.717, 1.165) is 5.66 Å². The lowest BCUT2D eigenvalue weighted by Crippen LogP contribution is -2.14. The van der Waals surface area contributed by atoms with E-state index in [-0.39, 0.29) is 11.9 Å². The van der Waals surface area contributed by atoms with Crippen molar-refractivity contribution in [3.05, 3.63) is 11.7 Å². The minimum absolute atomic E-state index is 0.190. The first kappa shape index (κ1) is 7.19. The topological polar surface area (TPSA) is 35.5 Å². The third kappa shape index (κ3) is 1.32. The summed E-state index contributed by atoms with van der Waals surface area (Å²) < 4.78 is 9.57. The molecule has 0 bridgehead atoms. The van der Waals surface area contributed by atoms with Gasteiger partial charge in [-0.05, 0) is 6.08 Å². The van der Waals surface area contributed by atoms with E-state index in [9.17, 15) is 4.79 Å². The molecule has 54 valence electrons. The molecular weight excluding hydrogens is 131 g/mol. The first-order valence-electron chi connectivity index (χ1n) is 3.13. The van der Waals surface area contributed by atoms with Gasteiger partial charge in [0.1, 0.15) is 12.5 Å². The third-order valence-corrected chi connectivity index (χ3v) is 1.43. The van der Waals surface area contributed by atoms with Crippen LogP contribution in [0.3, 0.4) is 0 Å². The molecule has 0 fully saturated rings. The van der Waals surface area contributed by atoms with Crippen LogP contribution >= 0.6 is 0 Å². The van der Waals surface area contributed by atoms with Crippen LogP contribution in [0.4, 0.5) is 0 Å². The lowest BCUT2D eigenvalue weighted by Gasteiger charge is -2.01. The van der Waals surface area contributed by atoms with Crippen molar-refractivity contribution in [2.75, 3.05) is 13.7 Å². The van der Waals surface area contributed by atoms with Gasteiger partial charge < -0.3 is 9.47 Å². The minimum Gasteiger partial charge on any atom is -0.508 e. The lowest BCUT2D eigenvalue weighted by atomic mass is 10.0. The minimum atomic E-state index is -0.225. The summed E-state index contributed by atoms with van der Waals surface area (Å²) in [5.41, 5.74) is 0.801. The van der Waals surface area contributed by atoms with E-state index in [4.69, 9.17) is 4.74 Å². The van der Waals surface area contributed by atoms with Gasteiger partial charge in [-0.3, -0.25) is 4.79 Å². The fraction of sp³-hybridized carbons (Fsp3) is 0.500. The van der Waals surface area contributed by atoms with Gasteiger partial charge in [-0.1, -0.05) is 0 Å². The molecule has 0 saturated carbocycles. The first-order valence-corrected chi connectivity index (χ1v) is 3.13. The Morgan fingerprint density at radius 2 is 2.70 bits per heavy atom. The van der Waals surface area contributed by atoms with Crippen molar-refractivity contribution in [1.29, 1.82) is 0 Å². The van der Waals surface area contributed by atoms with Crippen molar-refractivity contribution in [1.82, 2.24) is 0 Å². The number of rotatable bonds is 1. The van der Waals surface area contributed by atoms with Crippen LogP contribution in [0.2, 0.25) is 0 Å². The van der Waals surface area contributed by atoms with Gasteiger partial charge in [-0.25, -0.2) is 0 Å². The van der Waals surface area contributed by atoms with Gasteiger partial charge in [0, 0.05) is 5.66 Å². The van der Waals surface area contributed by atoms with Gasteiger partial charge in [0.15, 0.2) is 7.85 Å². The van der Waals surface area contributed by atoms with E-state index in [1.807, 2.05) is 7.85 Å². The maximum Gasteiger partial charge on any atom is 0.316 e. The molecule has 0 N–H and O–H groups in total. The van der Waals surface area contributed by atoms with Crippen LogP contribution in [0.5, 0.6) is 0 Å². The molecule has 0 saturated heterocycles. The predicted octanol–water partition coefficient (Wildman–Crippen LogP) is -0.720. The summed E-state index contributed by atoms with van der Waals surface area (Å²) in [6, 6.07) is 0. The Balaban J connectivity index is 2.52. The standard InChI is InChI=1S/C6H9BO3/c1-9-6(8)4-2-5(7)10-3-4/h2,4H,3,7H2,1H3.